The normalized spacial score (nSPS) is 14.4. The zero-order valence-electron chi connectivity index (χ0n) is 59.1. The number of ether oxygens (including phenoxy) is 4. The lowest BCUT2D eigenvalue weighted by Gasteiger charge is -2.21. The Labute approximate surface area is 556 Å². The van der Waals surface area contributed by atoms with Crippen LogP contribution in [-0.2, 0) is 65.4 Å². The molecule has 0 heterocycles. The second-order valence-corrected chi connectivity index (χ2v) is 29.6. The smallest absolute Gasteiger partial charge is 0.462 e. The maximum atomic E-state index is 13.1. The molecule has 0 radical (unpaired) electrons. The Morgan fingerprint density at radius 1 is 0.319 bits per heavy atom. The number of unbranched alkanes of at least 4 members (excludes halogenated alkanes) is 40. The molecular formula is C72H140O17P2. The third kappa shape index (κ3) is 65.1. The van der Waals surface area contributed by atoms with Crippen LogP contribution in [0.15, 0.2) is 0 Å². The second-order valence-electron chi connectivity index (χ2n) is 26.7. The second kappa shape index (κ2) is 64.1. The van der Waals surface area contributed by atoms with Crippen molar-refractivity contribution in [3.63, 3.8) is 0 Å². The number of aliphatic hydroxyl groups excluding tert-OH is 1. The summed E-state index contributed by atoms with van der Waals surface area (Å²) in [5.41, 5.74) is 0. The van der Waals surface area contributed by atoms with Crippen LogP contribution in [0.25, 0.3) is 0 Å². The third-order valence-electron chi connectivity index (χ3n) is 17.1. The van der Waals surface area contributed by atoms with Crippen LogP contribution < -0.4 is 0 Å². The summed E-state index contributed by atoms with van der Waals surface area (Å²) in [5.74, 6) is -0.474. The summed E-state index contributed by atoms with van der Waals surface area (Å²) in [6, 6.07) is 0. The minimum Gasteiger partial charge on any atom is -0.462 e. The van der Waals surface area contributed by atoms with E-state index < -0.39 is 97.5 Å². The number of rotatable bonds is 71. The Morgan fingerprint density at radius 3 is 0.835 bits per heavy atom. The predicted octanol–water partition coefficient (Wildman–Crippen LogP) is 20.8. The fourth-order valence-corrected chi connectivity index (χ4v) is 12.5. The van der Waals surface area contributed by atoms with Gasteiger partial charge in [-0.2, -0.15) is 0 Å². The summed E-state index contributed by atoms with van der Waals surface area (Å²) in [4.78, 5) is 72.2. The zero-order chi connectivity index (χ0) is 67.2. The zero-order valence-corrected chi connectivity index (χ0v) is 60.9. The van der Waals surface area contributed by atoms with E-state index in [1.807, 2.05) is 0 Å². The van der Waals surface area contributed by atoms with Gasteiger partial charge in [-0.25, -0.2) is 9.13 Å². The van der Waals surface area contributed by atoms with Gasteiger partial charge in [0.25, 0.3) is 0 Å². The Hall–Kier alpha value is -1.94. The molecule has 0 rings (SSSR count). The van der Waals surface area contributed by atoms with Crippen molar-refractivity contribution in [3.8, 4) is 0 Å². The molecule has 17 nitrogen and oxygen atoms in total. The molecule has 91 heavy (non-hydrogen) atoms. The van der Waals surface area contributed by atoms with Crippen LogP contribution in [0.5, 0.6) is 0 Å². The fraction of sp³-hybridized carbons (Fsp3) is 0.944. The molecular weight excluding hydrogens is 1200 g/mol. The first-order chi connectivity index (χ1) is 43.9. The maximum Gasteiger partial charge on any atom is 0.472 e. The number of phosphoric acid groups is 2. The van der Waals surface area contributed by atoms with Crippen molar-refractivity contribution in [1.82, 2.24) is 0 Å². The van der Waals surface area contributed by atoms with Crippen molar-refractivity contribution in [2.24, 2.45) is 11.8 Å². The lowest BCUT2D eigenvalue weighted by molar-refractivity contribution is -0.161. The molecule has 0 saturated carbocycles. The van der Waals surface area contributed by atoms with E-state index in [1.165, 1.54) is 173 Å². The molecule has 0 aromatic heterocycles. The van der Waals surface area contributed by atoms with E-state index in [2.05, 4.69) is 41.5 Å². The van der Waals surface area contributed by atoms with E-state index in [9.17, 15) is 43.2 Å². The van der Waals surface area contributed by atoms with Crippen LogP contribution in [-0.4, -0.2) is 96.7 Å². The Kier molecular flexibility index (Phi) is 62.7. The fourth-order valence-electron chi connectivity index (χ4n) is 10.9. The molecule has 0 aliphatic carbocycles. The first-order valence-corrected chi connectivity index (χ1v) is 40.5. The topological polar surface area (TPSA) is 237 Å². The molecule has 6 atom stereocenters. The molecule has 3 N–H and O–H groups in total. The number of carbonyl (C=O) groups is 4. The van der Waals surface area contributed by atoms with E-state index in [-0.39, 0.29) is 25.7 Å². The van der Waals surface area contributed by atoms with Crippen LogP contribution in [0.1, 0.15) is 369 Å². The summed E-state index contributed by atoms with van der Waals surface area (Å²) in [6.45, 7) is 9.53. The summed E-state index contributed by atoms with van der Waals surface area (Å²) >= 11 is 0. The molecule has 0 aromatic rings. The summed E-state index contributed by atoms with van der Waals surface area (Å²) in [6.07, 6.45) is 50.5. The highest BCUT2D eigenvalue weighted by Gasteiger charge is 2.30. The lowest BCUT2D eigenvalue weighted by atomic mass is 9.99. The number of aliphatic hydroxyl groups is 1. The van der Waals surface area contributed by atoms with Gasteiger partial charge in [-0.05, 0) is 37.5 Å². The molecule has 0 aliphatic heterocycles. The molecule has 3 unspecified atom stereocenters. The van der Waals surface area contributed by atoms with E-state index in [4.69, 9.17) is 37.0 Å². The van der Waals surface area contributed by atoms with Crippen molar-refractivity contribution in [1.29, 1.82) is 0 Å². The van der Waals surface area contributed by atoms with Gasteiger partial charge in [0, 0.05) is 25.7 Å². The monoisotopic (exact) mass is 1340 g/mol. The Balaban J connectivity index is 5.09. The van der Waals surface area contributed by atoms with Gasteiger partial charge in [-0.3, -0.25) is 37.3 Å². The molecule has 0 bridgehead atoms. The van der Waals surface area contributed by atoms with Gasteiger partial charge in [0.1, 0.15) is 19.3 Å². The van der Waals surface area contributed by atoms with Crippen molar-refractivity contribution < 1.29 is 80.2 Å². The van der Waals surface area contributed by atoms with Crippen molar-refractivity contribution in [2.45, 2.75) is 387 Å². The average Bonchev–Trinajstić information content (AvgIpc) is 3.69. The number of carbonyl (C=O) groups excluding carboxylic acids is 4. The molecule has 0 aromatic carbocycles. The number of hydrogen-bond donors (Lipinski definition) is 3. The number of hydrogen-bond acceptors (Lipinski definition) is 15. The van der Waals surface area contributed by atoms with Crippen molar-refractivity contribution >= 4 is 39.5 Å². The molecule has 0 spiro atoms. The molecule has 0 amide bonds. The van der Waals surface area contributed by atoms with E-state index in [0.29, 0.717) is 25.7 Å². The lowest BCUT2D eigenvalue weighted by Crippen LogP contribution is -2.30. The highest BCUT2D eigenvalue weighted by atomic mass is 31.2. The molecule has 540 valence electrons. The number of esters is 4. The molecule has 0 fully saturated rings. The molecule has 19 heteroatoms. The number of phosphoric ester groups is 2. The van der Waals surface area contributed by atoms with Gasteiger partial charge >= 0.3 is 39.5 Å². The predicted molar refractivity (Wildman–Crippen MR) is 368 cm³/mol. The van der Waals surface area contributed by atoms with Gasteiger partial charge in [-0.1, -0.05) is 318 Å². The van der Waals surface area contributed by atoms with Gasteiger partial charge in [0.05, 0.1) is 26.4 Å². The van der Waals surface area contributed by atoms with Crippen LogP contribution in [0, 0.1) is 11.8 Å². The third-order valence-corrected chi connectivity index (χ3v) is 19.0. The SMILES string of the molecule is CCCCCCCCCCC(=O)O[C@H](COC(=O)CCCCCCC)COP(=O)(O)OC[C@H](O)COP(=O)(O)OC[C@@H](COC(=O)CCCCCCCCCCCCCCCC(C)C)OC(=O)CCCCCCCCCCCCCCCCCCCCC(C)CC. The Morgan fingerprint density at radius 2 is 0.560 bits per heavy atom. The first kappa shape index (κ1) is 89.1. The first-order valence-electron chi connectivity index (χ1n) is 37.5. The van der Waals surface area contributed by atoms with Crippen molar-refractivity contribution in [2.75, 3.05) is 39.6 Å². The Bertz CT molecular complexity index is 1770. The van der Waals surface area contributed by atoms with Gasteiger partial charge in [-0.15, -0.1) is 0 Å². The standard InChI is InChI=1S/C72H140O17P2/c1-7-10-12-14-15-37-44-50-56-71(76)88-67(60-82-69(74)54-48-40-13-11-8-2)62-86-90(78,79)84-58-66(73)59-85-91(80,81)87-63-68(61-83-70(75)55-49-43-38-33-29-26-22-23-27-31-35-41-46-52-64(4)5)89-72(77)57-51-45-39-34-30-25-21-19-17-16-18-20-24-28-32-36-42-47-53-65(6)9-3/h64-68,73H,7-63H2,1-6H3,(H,78,79)(H,80,81)/t65?,66-,67+,68+/m0/s1. The highest BCUT2D eigenvalue weighted by molar-refractivity contribution is 7.47. The van der Waals surface area contributed by atoms with Crippen LogP contribution in [0.4, 0.5) is 0 Å². The van der Waals surface area contributed by atoms with Gasteiger partial charge in [0.2, 0.25) is 0 Å². The summed E-state index contributed by atoms with van der Waals surface area (Å²) in [7, 11) is -9.89. The summed E-state index contributed by atoms with van der Waals surface area (Å²) in [5, 5.41) is 10.5. The average molecular weight is 1340 g/mol. The maximum absolute atomic E-state index is 13.1. The van der Waals surface area contributed by atoms with Gasteiger partial charge in [0.15, 0.2) is 12.2 Å². The minimum atomic E-state index is -4.95. The largest absolute Gasteiger partial charge is 0.472 e. The van der Waals surface area contributed by atoms with E-state index >= 15 is 0 Å². The van der Waals surface area contributed by atoms with E-state index in [0.717, 1.165) is 115 Å². The van der Waals surface area contributed by atoms with Crippen LogP contribution in [0.3, 0.4) is 0 Å². The van der Waals surface area contributed by atoms with Crippen LogP contribution in [0.2, 0.25) is 0 Å². The van der Waals surface area contributed by atoms with Gasteiger partial charge < -0.3 is 33.8 Å². The minimum absolute atomic E-state index is 0.104. The van der Waals surface area contributed by atoms with Crippen molar-refractivity contribution in [3.05, 3.63) is 0 Å². The molecule has 0 aliphatic rings. The van der Waals surface area contributed by atoms with Crippen LogP contribution >= 0.6 is 15.6 Å². The van der Waals surface area contributed by atoms with E-state index in [1.54, 1.807) is 0 Å². The highest BCUT2D eigenvalue weighted by Crippen LogP contribution is 2.45. The quantitative estimate of drug-likeness (QED) is 0.0222. The summed E-state index contributed by atoms with van der Waals surface area (Å²) < 4.78 is 68.0. The molecule has 0 saturated heterocycles.